The molecule has 1 aliphatic rings. The van der Waals surface area contributed by atoms with Crippen LogP contribution in [0.15, 0.2) is 59.1 Å². The second-order valence-corrected chi connectivity index (χ2v) is 12.5. The summed E-state index contributed by atoms with van der Waals surface area (Å²) in [5.74, 6) is 0.416. The molecule has 0 radical (unpaired) electrons. The minimum absolute atomic E-state index is 0.0365. The van der Waals surface area contributed by atoms with Gasteiger partial charge in [0.2, 0.25) is 10.0 Å². The highest BCUT2D eigenvalue weighted by atomic mass is 32.2. The van der Waals surface area contributed by atoms with Gasteiger partial charge in [-0.05, 0) is 49.8 Å². The largest absolute Gasteiger partial charge is 0.274 e. The van der Waals surface area contributed by atoms with Gasteiger partial charge in [-0.15, -0.1) is 10.2 Å². The molecule has 0 aliphatic heterocycles. The number of sulfonamides is 1. The van der Waals surface area contributed by atoms with Gasteiger partial charge in [0, 0.05) is 12.1 Å². The monoisotopic (exact) mass is 514 g/mol. The van der Waals surface area contributed by atoms with Crippen molar-refractivity contribution < 1.29 is 16.8 Å². The van der Waals surface area contributed by atoms with Crippen LogP contribution in [0.3, 0.4) is 0 Å². The van der Waals surface area contributed by atoms with Crippen LogP contribution in [0.4, 0.5) is 0 Å². The van der Waals surface area contributed by atoms with E-state index in [-0.39, 0.29) is 33.2 Å². The molecule has 0 saturated heterocycles. The average Bonchev–Trinajstić information content (AvgIpc) is 3.53. The number of allylic oxidation sites excluding steroid dienone is 1. The number of fused-ring (bicyclic) bond motifs is 3. The fourth-order valence-electron chi connectivity index (χ4n) is 5.10. The Bertz CT molecular complexity index is 1670. The molecule has 1 fully saturated rings. The highest BCUT2D eigenvalue weighted by molar-refractivity contribution is 7.93. The molecule has 0 bridgehead atoms. The molecule has 1 aliphatic carbocycles. The van der Waals surface area contributed by atoms with Crippen molar-refractivity contribution in [3.05, 3.63) is 65.6 Å². The third-order valence-electron chi connectivity index (χ3n) is 7.01. The van der Waals surface area contributed by atoms with Crippen LogP contribution in [-0.4, -0.2) is 40.4 Å². The fourth-order valence-corrected chi connectivity index (χ4v) is 7.05. The highest BCUT2D eigenvalue weighted by Crippen LogP contribution is 2.47. The lowest BCUT2D eigenvalue weighted by Crippen LogP contribution is -2.19. The number of nitrogens with zero attached hydrogens (tertiary/aromatic N) is 5. The zero-order valence-electron chi connectivity index (χ0n) is 19.4. The lowest BCUT2D eigenvalue weighted by atomic mass is 9.93. The van der Waals surface area contributed by atoms with Crippen molar-refractivity contribution in [1.29, 1.82) is 0 Å². The van der Waals surface area contributed by atoms with Gasteiger partial charge in [0.25, 0.3) is 10.0 Å². The van der Waals surface area contributed by atoms with Crippen LogP contribution in [0, 0.1) is 18.8 Å². The van der Waals surface area contributed by atoms with E-state index in [1.54, 1.807) is 30.3 Å². The first-order chi connectivity index (χ1) is 16.5. The van der Waals surface area contributed by atoms with Crippen LogP contribution in [-0.2, 0) is 20.0 Å². The lowest BCUT2D eigenvalue weighted by Gasteiger charge is -2.16. The van der Waals surface area contributed by atoms with E-state index in [2.05, 4.69) is 21.8 Å². The Morgan fingerprint density at radius 3 is 2.49 bits per heavy atom. The number of hydrogen-bond acceptors (Lipinski definition) is 7. The van der Waals surface area contributed by atoms with Gasteiger partial charge in [0.1, 0.15) is 5.82 Å². The minimum atomic E-state index is -3.87. The maximum atomic E-state index is 13.4. The van der Waals surface area contributed by atoms with Crippen molar-refractivity contribution >= 4 is 36.9 Å². The molecular formula is C23H26N6O4S2. The van der Waals surface area contributed by atoms with Crippen LogP contribution >= 0.6 is 0 Å². The van der Waals surface area contributed by atoms with Crippen molar-refractivity contribution in [2.24, 2.45) is 17.0 Å². The molecule has 35 heavy (non-hydrogen) atoms. The summed E-state index contributed by atoms with van der Waals surface area (Å²) in [7, 11) is -7.71. The molecule has 0 spiro atoms. The van der Waals surface area contributed by atoms with E-state index in [0.29, 0.717) is 29.8 Å². The number of hydrogen-bond donors (Lipinski definition) is 1. The number of benzene rings is 1. The Balaban J connectivity index is 1.62. The first kappa shape index (κ1) is 23.6. The van der Waals surface area contributed by atoms with Crippen LogP contribution in [0.2, 0.25) is 0 Å². The molecule has 184 valence electrons. The van der Waals surface area contributed by atoms with Gasteiger partial charge in [0.15, 0.2) is 11.3 Å². The summed E-state index contributed by atoms with van der Waals surface area (Å²) in [6, 6.07) is 8.33. The molecule has 0 unspecified atom stereocenters. The van der Waals surface area contributed by atoms with E-state index < -0.39 is 20.0 Å². The van der Waals surface area contributed by atoms with Crippen LogP contribution in [0.25, 0.3) is 16.8 Å². The lowest BCUT2D eigenvalue weighted by molar-refractivity contribution is 0.449. The summed E-state index contributed by atoms with van der Waals surface area (Å²) in [6.07, 6.45) is 4.93. The molecule has 1 aromatic carbocycles. The molecule has 0 amide bonds. The van der Waals surface area contributed by atoms with Crippen LogP contribution < -0.4 is 5.14 Å². The standard InChI is InChI=1S/C23H26N6O4S2/c1-4-16-11-17(15(3)34(24,30)31)12-19(16)22-27-26-21-13-25-23-20(29(21)22)9-10-28(23)35(32,33)18-7-5-14(2)6-8-18/h5-10,13,16-17,19H,3-4,11-12H2,1-2H3,(H2,24,30,31)/t16-,17+,19+/m1/s1. The Kier molecular flexibility index (Phi) is 5.57. The third kappa shape index (κ3) is 3.85. The average molecular weight is 515 g/mol. The summed E-state index contributed by atoms with van der Waals surface area (Å²) in [5.41, 5.74) is 2.26. The highest BCUT2D eigenvalue weighted by Gasteiger charge is 2.40. The fraction of sp³-hybridized carbons (Fsp3) is 0.348. The zero-order chi connectivity index (χ0) is 25.1. The van der Waals surface area contributed by atoms with E-state index in [0.717, 1.165) is 16.0 Å². The Morgan fingerprint density at radius 2 is 1.83 bits per heavy atom. The minimum Gasteiger partial charge on any atom is -0.274 e. The SMILES string of the molecule is C=C([C@H]1C[C@@H](CC)[C@@H](c2nnc3cnc4c(ccn4S(=O)(=O)c4ccc(C)cc4)n23)C1)S(N)(=O)=O. The third-order valence-corrected chi connectivity index (χ3v) is 9.76. The Hall–Kier alpha value is -3.09. The summed E-state index contributed by atoms with van der Waals surface area (Å²) in [4.78, 5) is 4.58. The van der Waals surface area contributed by atoms with Gasteiger partial charge < -0.3 is 0 Å². The van der Waals surface area contributed by atoms with E-state index in [1.165, 1.54) is 12.4 Å². The van der Waals surface area contributed by atoms with Gasteiger partial charge in [-0.25, -0.2) is 30.9 Å². The maximum Gasteiger partial charge on any atom is 0.269 e. The zero-order valence-corrected chi connectivity index (χ0v) is 21.0. The smallest absolute Gasteiger partial charge is 0.269 e. The Labute approximate surface area is 203 Å². The second kappa shape index (κ2) is 8.25. The predicted octanol–water partition coefficient (Wildman–Crippen LogP) is 2.95. The maximum absolute atomic E-state index is 13.4. The van der Waals surface area contributed by atoms with Gasteiger partial charge >= 0.3 is 0 Å². The summed E-state index contributed by atoms with van der Waals surface area (Å²) < 4.78 is 53.5. The topological polar surface area (TPSA) is 142 Å². The molecule has 4 aromatic rings. The first-order valence-electron chi connectivity index (χ1n) is 11.3. The molecule has 12 heteroatoms. The number of aromatic nitrogens is 5. The molecule has 3 atom stereocenters. The van der Waals surface area contributed by atoms with Crippen molar-refractivity contribution in [3.63, 3.8) is 0 Å². The molecular weight excluding hydrogens is 488 g/mol. The van der Waals surface area contributed by atoms with Crippen molar-refractivity contribution in [2.45, 2.75) is 43.9 Å². The summed E-state index contributed by atoms with van der Waals surface area (Å²) >= 11 is 0. The van der Waals surface area contributed by atoms with Crippen molar-refractivity contribution in [2.75, 3.05) is 0 Å². The second-order valence-electron chi connectivity index (χ2n) is 9.10. The van der Waals surface area contributed by atoms with Gasteiger partial charge in [-0.1, -0.05) is 37.6 Å². The number of rotatable bonds is 6. The van der Waals surface area contributed by atoms with Gasteiger partial charge in [0.05, 0.1) is 21.5 Å². The van der Waals surface area contributed by atoms with E-state index in [4.69, 9.17) is 5.14 Å². The van der Waals surface area contributed by atoms with E-state index in [9.17, 15) is 16.8 Å². The van der Waals surface area contributed by atoms with Gasteiger partial charge in [-0.2, -0.15) is 0 Å². The molecule has 5 rings (SSSR count). The normalized spacial score (nSPS) is 21.2. The summed E-state index contributed by atoms with van der Waals surface area (Å²) in [6.45, 7) is 7.67. The molecule has 3 heterocycles. The Morgan fingerprint density at radius 1 is 1.11 bits per heavy atom. The predicted molar refractivity (Wildman–Crippen MR) is 132 cm³/mol. The van der Waals surface area contributed by atoms with E-state index >= 15 is 0 Å². The van der Waals surface area contributed by atoms with Crippen molar-refractivity contribution in [1.82, 2.24) is 23.6 Å². The number of primary sulfonamides is 1. The molecule has 1 saturated carbocycles. The number of nitrogens with two attached hydrogens (primary N) is 1. The molecule has 3 aromatic heterocycles. The quantitative estimate of drug-likeness (QED) is 0.417. The van der Waals surface area contributed by atoms with Crippen molar-refractivity contribution in [3.8, 4) is 0 Å². The van der Waals surface area contributed by atoms with Crippen LogP contribution in [0.5, 0.6) is 0 Å². The van der Waals surface area contributed by atoms with Crippen LogP contribution in [0.1, 0.15) is 43.5 Å². The number of aryl methyl sites for hydroxylation is 1. The molecule has 10 nitrogen and oxygen atoms in total. The summed E-state index contributed by atoms with van der Waals surface area (Å²) in [5, 5.41) is 14.0. The van der Waals surface area contributed by atoms with E-state index in [1.807, 2.05) is 18.2 Å². The molecule has 2 N–H and O–H groups in total. The van der Waals surface area contributed by atoms with Gasteiger partial charge in [-0.3, -0.25) is 4.40 Å². The first-order valence-corrected chi connectivity index (χ1v) is 14.3.